The molecule has 0 fully saturated rings. The van der Waals surface area contributed by atoms with Crippen LogP contribution in [0.2, 0.25) is 0 Å². The maximum Gasteiger partial charge on any atom is 0.252 e. The minimum absolute atomic E-state index is 0.133. The highest BCUT2D eigenvalue weighted by Gasteiger charge is 2.28. The van der Waals surface area contributed by atoms with Crippen molar-refractivity contribution < 1.29 is 15.0 Å². The van der Waals surface area contributed by atoms with Crippen LogP contribution in [0.3, 0.4) is 0 Å². The van der Waals surface area contributed by atoms with E-state index in [2.05, 4.69) is 15.0 Å². The molecule has 25 heavy (non-hydrogen) atoms. The number of hydrogen-bond acceptors (Lipinski definition) is 5. The van der Waals surface area contributed by atoms with Crippen molar-refractivity contribution in [1.82, 2.24) is 15.0 Å². The molecule has 0 aliphatic carbocycles. The van der Waals surface area contributed by atoms with E-state index < -0.39 is 11.5 Å². The summed E-state index contributed by atoms with van der Waals surface area (Å²) in [5.74, 6) is -0.492. The van der Waals surface area contributed by atoms with Crippen LogP contribution in [0.5, 0.6) is 5.75 Å². The lowest BCUT2D eigenvalue weighted by Gasteiger charge is -2.22. The molecule has 0 spiro atoms. The number of aromatic amines is 1. The van der Waals surface area contributed by atoms with Crippen molar-refractivity contribution in [2.24, 2.45) is 5.73 Å². The fourth-order valence-electron chi connectivity index (χ4n) is 2.92. The lowest BCUT2D eigenvalue weighted by atomic mass is 9.92. The zero-order valence-electron chi connectivity index (χ0n) is 14.5. The number of H-pyrrole nitrogens is 1. The van der Waals surface area contributed by atoms with Crippen LogP contribution in [0.25, 0.3) is 22.4 Å². The van der Waals surface area contributed by atoms with E-state index in [1.807, 2.05) is 6.92 Å². The number of aromatic hydroxyl groups is 1. The molecule has 0 atom stereocenters. The molecule has 130 valence electrons. The Morgan fingerprint density at radius 1 is 1.24 bits per heavy atom. The number of hydrogen-bond donors (Lipinski definition) is 4. The Morgan fingerprint density at radius 2 is 1.92 bits per heavy atom. The molecule has 0 saturated heterocycles. The first kappa shape index (κ1) is 16.9. The first-order valence-electron chi connectivity index (χ1n) is 7.82. The summed E-state index contributed by atoms with van der Waals surface area (Å²) in [6.45, 7) is 6.86. The van der Waals surface area contributed by atoms with Crippen LogP contribution in [0, 0.1) is 13.8 Å². The number of aliphatic hydroxyl groups is 1. The Labute approximate surface area is 144 Å². The van der Waals surface area contributed by atoms with E-state index in [0.29, 0.717) is 33.7 Å². The number of rotatable bonds is 3. The van der Waals surface area contributed by atoms with E-state index in [1.165, 1.54) is 6.20 Å². The Bertz CT molecular complexity index is 1000. The Morgan fingerprint density at radius 3 is 2.52 bits per heavy atom. The van der Waals surface area contributed by atoms with Crippen LogP contribution in [0.15, 0.2) is 18.3 Å². The Kier molecular flexibility index (Phi) is 3.76. The summed E-state index contributed by atoms with van der Waals surface area (Å²) < 4.78 is 0. The smallest absolute Gasteiger partial charge is 0.252 e. The summed E-state index contributed by atoms with van der Waals surface area (Å²) in [7, 11) is 0. The predicted octanol–water partition coefficient (Wildman–Crippen LogP) is 2.27. The van der Waals surface area contributed by atoms with E-state index in [1.54, 1.807) is 32.9 Å². The van der Waals surface area contributed by atoms with Gasteiger partial charge in [0.1, 0.15) is 16.9 Å². The molecule has 3 aromatic rings. The SMILES string of the molecule is Cc1ccc(O)c(C)c1-c1nc2[nH]cc(C(N)=O)c2nc1C(C)(C)O. The first-order chi connectivity index (χ1) is 11.6. The highest BCUT2D eigenvalue weighted by Crippen LogP contribution is 2.37. The van der Waals surface area contributed by atoms with E-state index in [0.717, 1.165) is 5.56 Å². The van der Waals surface area contributed by atoms with Gasteiger partial charge in [0.15, 0.2) is 5.65 Å². The molecular weight excluding hydrogens is 320 g/mol. The number of amides is 1. The lowest BCUT2D eigenvalue weighted by Crippen LogP contribution is -2.21. The second kappa shape index (κ2) is 5.56. The summed E-state index contributed by atoms with van der Waals surface area (Å²) in [6.07, 6.45) is 1.45. The number of nitrogens with two attached hydrogens (primary N) is 1. The quantitative estimate of drug-likeness (QED) is 0.582. The molecule has 7 nitrogen and oxygen atoms in total. The van der Waals surface area contributed by atoms with Gasteiger partial charge in [-0.2, -0.15) is 0 Å². The fraction of sp³-hybridized carbons (Fsp3) is 0.278. The number of carbonyl (C=O) groups excluding carboxylic acids is 1. The molecule has 0 bridgehead atoms. The largest absolute Gasteiger partial charge is 0.508 e. The molecule has 5 N–H and O–H groups in total. The number of primary amides is 1. The van der Waals surface area contributed by atoms with Crippen LogP contribution in [-0.2, 0) is 5.60 Å². The normalized spacial score (nSPS) is 11.9. The van der Waals surface area contributed by atoms with Gasteiger partial charge in [0.05, 0.1) is 17.0 Å². The standard InChI is InChI=1S/C18H20N4O3/c1-8-5-6-11(23)9(2)12(8)14-15(18(3,4)25)21-13-10(16(19)24)7-20-17(13)22-14/h5-7,23,25H,1-4H3,(H2,19,24)(H,20,22). The van der Waals surface area contributed by atoms with Crippen molar-refractivity contribution in [3.63, 3.8) is 0 Å². The molecule has 1 aromatic carbocycles. The molecule has 0 radical (unpaired) electrons. The number of carbonyl (C=O) groups is 1. The van der Waals surface area contributed by atoms with Crippen LogP contribution in [0.4, 0.5) is 0 Å². The number of aryl methyl sites for hydroxylation is 1. The predicted molar refractivity (Wildman–Crippen MR) is 94.2 cm³/mol. The van der Waals surface area contributed by atoms with Gasteiger partial charge in [-0.15, -0.1) is 0 Å². The first-order valence-corrected chi connectivity index (χ1v) is 7.82. The van der Waals surface area contributed by atoms with Gasteiger partial charge in [0.25, 0.3) is 5.91 Å². The number of benzene rings is 1. The number of phenols is 1. The molecule has 7 heteroatoms. The molecule has 1 amide bonds. The van der Waals surface area contributed by atoms with Gasteiger partial charge in [0.2, 0.25) is 0 Å². The average molecular weight is 340 g/mol. The highest BCUT2D eigenvalue weighted by molar-refractivity contribution is 6.04. The van der Waals surface area contributed by atoms with Crippen molar-refractivity contribution in [3.05, 3.63) is 40.7 Å². The highest BCUT2D eigenvalue weighted by atomic mass is 16.3. The Hall–Kier alpha value is -2.93. The van der Waals surface area contributed by atoms with Gasteiger partial charge in [-0.1, -0.05) is 6.07 Å². The molecule has 0 unspecified atom stereocenters. The summed E-state index contributed by atoms with van der Waals surface area (Å²) >= 11 is 0. The maximum atomic E-state index is 11.6. The van der Waals surface area contributed by atoms with Gasteiger partial charge in [-0.25, -0.2) is 9.97 Å². The topological polar surface area (TPSA) is 125 Å². The monoisotopic (exact) mass is 340 g/mol. The maximum absolute atomic E-state index is 11.6. The van der Waals surface area contributed by atoms with Gasteiger partial charge in [-0.3, -0.25) is 4.79 Å². The number of phenolic OH excluding ortho intramolecular Hbond substituents is 1. The molecular formula is C18H20N4O3. The number of nitrogens with one attached hydrogen (secondary N) is 1. The third kappa shape index (κ3) is 2.72. The van der Waals surface area contributed by atoms with Crippen molar-refractivity contribution in [1.29, 1.82) is 0 Å². The molecule has 3 rings (SSSR count). The van der Waals surface area contributed by atoms with Crippen LogP contribution < -0.4 is 5.73 Å². The minimum atomic E-state index is -1.31. The van der Waals surface area contributed by atoms with Crippen molar-refractivity contribution >= 4 is 17.1 Å². The van der Waals surface area contributed by atoms with Crippen LogP contribution in [-0.4, -0.2) is 31.1 Å². The summed E-state index contributed by atoms with van der Waals surface area (Å²) in [5.41, 5.74) is 7.95. The van der Waals surface area contributed by atoms with Gasteiger partial charge in [0, 0.05) is 17.3 Å². The van der Waals surface area contributed by atoms with E-state index >= 15 is 0 Å². The van der Waals surface area contributed by atoms with Crippen LogP contribution >= 0.6 is 0 Å². The number of fused-ring (bicyclic) bond motifs is 1. The van der Waals surface area contributed by atoms with Gasteiger partial charge < -0.3 is 20.9 Å². The lowest BCUT2D eigenvalue weighted by molar-refractivity contribution is 0.0744. The van der Waals surface area contributed by atoms with E-state index in [-0.39, 0.29) is 11.3 Å². The third-order valence-corrected chi connectivity index (χ3v) is 4.23. The molecule has 2 aromatic heterocycles. The zero-order valence-corrected chi connectivity index (χ0v) is 14.5. The molecule has 0 aliphatic rings. The third-order valence-electron chi connectivity index (χ3n) is 4.23. The van der Waals surface area contributed by atoms with E-state index in [9.17, 15) is 15.0 Å². The van der Waals surface area contributed by atoms with E-state index in [4.69, 9.17) is 5.73 Å². The number of nitrogens with zero attached hydrogens (tertiary/aromatic N) is 2. The van der Waals surface area contributed by atoms with Gasteiger partial charge >= 0.3 is 0 Å². The second-order valence-electron chi connectivity index (χ2n) is 6.65. The summed E-state index contributed by atoms with van der Waals surface area (Å²) in [4.78, 5) is 23.5. The number of aromatic nitrogens is 3. The molecule has 0 aliphatic heterocycles. The second-order valence-corrected chi connectivity index (χ2v) is 6.65. The zero-order chi connectivity index (χ0) is 18.5. The van der Waals surface area contributed by atoms with Gasteiger partial charge in [-0.05, 0) is 39.3 Å². The fourth-order valence-corrected chi connectivity index (χ4v) is 2.92. The van der Waals surface area contributed by atoms with Crippen molar-refractivity contribution in [2.45, 2.75) is 33.3 Å². The average Bonchev–Trinajstić information content (AvgIpc) is 2.93. The van der Waals surface area contributed by atoms with Crippen molar-refractivity contribution in [2.75, 3.05) is 0 Å². The molecule has 2 heterocycles. The Balaban J connectivity index is 2.43. The van der Waals surface area contributed by atoms with Crippen molar-refractivity contribution in [3.8, 4) is 17.0 Å². The summed E-state index contributed by atoms with van der Waals surface area (Å²) in [5, 5.41) is 20.7. The minimum Gasteiger partial charge on any atom is -0.508 e. The molecule has 0 saturated carbocycles. The summed E-state index contributed by atoms with van der Waals surface area (Å²) in [6, 6.07) is 3.39. The van der Waals surface area contributed by atoms with Crippen LogP contribution in [0.1, 0.15) is 41.0 Å².